The van der Waals surface area contributed by atoms with Gasteiger partial charge in [-0.2, -0.15) is 0 Å². The molecule has 5 nitrogen and oxygen atoms in total. The molecular weight excluding hydrogens is 368 g/mol. The normalized spacial score (nSPS) is 61.0. The van der Waals surface area contributed by atoms with Gasteiger partial charge >= 0.3 is 0 Å². The van der Waals surface area contributed by atoms with Crippen molar-refractivity contribution in [3.8, 4) is 0 Å². The van der Waals surface area contributed by atoms with E-state index in [4.69, 9.17) is 23.7 Å². The summed E-state index contributed by atoms with van der Waals surface area (Å²) in [5, 5.41) is 0. The SMILES string of the molecule is CCC(OC(CC)(C1CO1)C12CC3CCC1(C3)O2)(C1CO1)C12CC3CCC1(C3)O2. The van der Waals surface area contributed by atoms with Gasteiger partial charge in [-0.15, -0.1) is 0 Å². The van der Waals surface area contributed by atoms with Crippen molar-refractivity contribution in [2.24, 2.45) is 11.8 Å². The minimum atomic E-state index is -0.353. The summed E-state index contributed by atoms with van der Waals surface area (Å²) >= 11 is 0. The lowest BCUT2D eigenvalue weighted by Crippen LogP contribution is -2.65. The Kier molecular flexibility index (Phi) is 2.85. The minimum Gasteiger partial charge on any atom is -0.370 e. The summed E-state index contributed by atoms with van der Waals surface area (Å²) in [6.07, 6.45) is 12.1. The van der Waals surface area contributed by atoms with Crippen LogP contribution in [0, 0.1) is 11.8 Å². The highest BCUT2D eigenvalue weighted by atomic mass is 16.7. The molecule has 0 N–H and O–H groups in total. The molecule has 0 radical (unpaired) electrons. The highest BCUT2D eigenvalue weighted by molar-refractivity contribution is 5.38. The Morgan fingerprint density at radius 3 is 1.48 bits per heavy atom. The van der Waals surface area contributed by atoms with Crippen LogP contribution >= 0.6 is 0 Å². The number of ether oxygens (including phenoxy) is 5. The van der Waals surface area contributed by atoms with E-state index in [1.165, 1.54) is 38.5 Å². The fourth-order valence-electron chi connectivity index (χ4n) is 9.60. The van der Waals surface area contributed by atoms with Crippen molar-refractivity contribution in [2.45, 2.75) is 124 Å². The molecule has 29 heavy (non-hydrogen) atoms. The van der Waals surface area contributed by atoms with Crippen molar-refractivity contribution in [1.82, 2.24) is 0 Å². The Bertz CT molecular complexity index is 730. The van der Waals surface area contributed by atoms with Gasteiger partial charge in [0.15, 0.2) is 0 Å². The molecule has 8 fully saturated rings. The predicted octanol–water partition coefficient (Wildman–Crippen LogP) is 3.52. The maximum atomic E-state index is 7.62. The van der Waals surface area contributed by atoms with Gasteiger partial charge in [-0.05, 0) is 76.0 Å². The molecular formula is C24H34O5. The van der Waals surface area contributed by atoms with Gasteiger partial charge in [-0.25, -0.2) is 0 Å². The van der Waals surface area contributed by atoms with Crippen LogP contribution in [0.15, 0.2) is 0 Å². The van der Waals surface area contributed by atoms with Crippen molar-refractivity contribution in [2.75, 3.05) is 13.2 Å². The van der Waals surface area contributed by atoms with E-state index in [0.717, 1.165) is 50.7 Å². The van der Waals surface area contributed by atoms with Gasteiger partial charge in [0.2, 0.25) is 0 Å². The monoisotopic (exact) mass is 402 g/mol. The largest absolute Gasteiger partial charge is 0.370 e. The molecule has 10 unspecified atom stereocenters. The Morgan fingerprint density at radius 2 is 1.21 bits per heavy atom. The fourth-order valence-corrected chi connectivity index (χ4v) is 9.60. The summed E-state index contributed by atoms with van der Waals surface area (Å²) < 4.78 is 33.2. The third kappa shape index (κ3) is 1.65. The average molecular weight is 403 g/mol. The molecule has 4 bridgehead atoms. The Labute approximate surface area is 173 Å². The summed E-state index contributed by atoms with van der Waals surface area (Å²) in [6.45, 7) is 6.22. The van der Waals surface area contributed by atoms with Crippen LogP contribution in [0.5, 0.6) is 0 Å². The lowest BCUT2D eigenvalue weighted by Gasteiger charge is -2.49. The van der Waals surface area contributed by atoms with E-state index in [9.17, 15) is 0 Å². The van der Waals surface area contributed by atoms with Gasteiger partial charge in [0.1, 0.15) is 45.8 Å². The summed E-state index contributed by atoms with van der Waals surface area (Å²) in [5.74, 6) is 1.63. The fraction of sp³-hybridized carbons (Fsp3) is 1.00. The van der Waals surface area contributed by atoms with Crippen LogP contribution in [0.25, 0.3) is 0 Å². The van der Waals surface area contributed by atoms with E-state index in [1.807, 2.05) is 0 Å². The third-order valence-corrected chi connectivity index (χ3v) is 10.9. The maximum Gasteiger partial charge on any atom is 0.130 e. The Morgan fingerprint density at radius 1 is 0.759 bits per heavy atom. The second-order valence-corrected chi connectivity index (χ2v) is 11.7. The van der Waals surface area contributed by atoms with Crippen LogP contribution in [-0.4, -0.2) is 59.0 Å². The van der Waals surface area contributed by atoms with E-state index in [2.05, 4.69) is 13.8 Å². The van der Waals surface area contributed by atoms with E-state index >= 15 is 0 Å². The predicted molar refractivity (Wildman–Crippen MR) is 104 cm³/mol. The molecule has 4 heterocycles. The van der Waals surface area contributed by atoms with Gasteiger partial charge in [-0.3, -0.25) is 0 Å². The van der Waals surface area contributed by atoms with Crippen LogP contribution in [0.4, 0.5) is 0 Å². The van der Waals surface area contributed by atoms with Crippen molar-refractivity contribution in [3.63, 3.8) is 0 Å². The van der Waals surface area contributed by atoms with Crippen LogP contribution < -0.4 is 0 Å². The number of hydrogen-bond donors (Lipinski definition) is 0. The smallest absolute Gasteiger partial charge is 0.130 e. The molecule has 2 spiro atoms. The second-order valence-electron chi connectivity index (χ2n) is 11.7. The number of hydrogen-bond acceptors (Lipinski definition) is 5. The molecule has 0 aromatic rings. The lowest BCUT2D eigenvalue weighted by molar-refractivity contribution is -0.236. The zero-order chi connectivity index (χ0) is 19.3. The van der Waals surface area contributed by atoms with Gasteiger partial charge in [0, 0.05) is 0 Å². The number of fused-ring (bicyclic) bond motifs is 2. The van der Waals surface area contributed by atoms with Crippen molar-refractivity contribution >= 4 is 0 Å². The van der Waals surface area contributed by atoms with Gasteiger partial charge in [-0.1, -0.05) is 13.8 Å². The topological polar surface area (TPSA) is 59.4 Å². The summed E-state index contributed by atoms with van der Waals surface area (Å²) in [7, 11) is 0. The first kappa shape index (κ1) is 17.4. The van der Waals surface area contributed by atoms with Crippen molar-refractivity contribution in [3.05, 3.63) is 0 Å². The van der Waals surface area contributed by atoms with Crippen LogP contribution in [-0.2, 0) is 23.7 Å². The summed E-state index contributed by atoms with van der Waals surface area (Å²) in [5.41, 5.74) is -0.841. The zero-order valence-electron chi connectivity index (χ0n) is 17.8. The Balaban J connectivity index is 1.25. The maximum absolute atomic E-state index is 7.62. The first-order valence-electron chi connectivity index (χ1n) is 12.4. The first-order valence-corrected chi connectivity index (χ1v) is 12.4. The van der Waals surface area contributed by atoms with Gasteiger partial charge in [0.25, 0.3) is 0 Å². The minimum absolute atomic E-state index is 0.0674. The second kappa shape index (κ2) is 4.76. The standard InChI is InChI=1S/C24H34O5/c1-3-21(17-13-25-17,23-11-15-5-7-19(23,9-15)27-23)29-22(4-2,18-14-26-18)24-12-16-6-8-20(24,10-16)28-24/h15-18H,3-14H2,1-2H3. The molecule has 5 heteroatoms. The van der Waals surface area contributed by atoms with Crippen molar-refractivity contribution in [1.29, 1.82) is 0 Å². The molecule has 0 amide bonds. The number of rotatable bonds is 8. The van der Waals surface area contributed by atoms with E-state index in [0.29, 0.717) is 0 Å². The molecule has 4 aliphatic heterocycles. The lowest BCUT2D eigenvalue weighted by atomic mass is 9.69. The molecule has 8 rings (SSSR count). The molecule has 10 atom stereocenters. The van der Waals surface area contributed by atoms with Crippen LogP contribution in [0.3, 0.4) is 0 Å². The highest BCUT2D eigenvalue weighted by Gasteiger charge is 2.91. The molecule has 8 aliphatic rings. The molecule has 0 aromatic heterocycles. The molecule has 4 aliphatic carbocycles. The summed E-state index contributed by atoms with van der Waals surface area (Å²) in [4.78, 5) is 0. The van der Waals surface area contributed by atoms with E-state index in [1.54, 1.807) is 0 Å². The average Bonchev–Trinajstić information content (AvgIpc) is 3.62. The zero-order valence-corrected chi connectivity index (χ0v) is 17.8. The quantitative estimate of drug-likeness (QED) is 0.582. The first-order chi connectivity index (χ1) is 14.0. The number of epoxide rings is 4. The third-order valence-electron chi connectivity index (χ3n) is 10.9. The molecule has 160 valence electrons. The van der Waals surface area contributed by atoms with Crippen LogP contribution in [0.2, 0.25) is 0 Å². The van der Waals surface area contributed by atoms with Crippen molar-refractivity contribution < 1.29 is 23.7 Å². The molecule has 0 aromatic carbocycles. The molecule has 4 saturated carbocycles. The summed E-state index contributed by atoms with van der Waals surface area (Å²) in [6, 6.07) is 0. The van der Waals surface area contributed by atoms with Gasteiger partial charge < -0.3 is 23.7 Å². The Hall–Kier alpha value is -0.200. The highest BCUT2D eigenvalue weighted by Crippen LogP contribution is 2.79. The molecule has 4 saturated heterocycles. The van der Waals surface area contributed by atoms with E-state index < -0.39 is 0 Å². The van der Waals surface area contributed by atoms with E-state index in [-0.39, 0.29) is 45.8 Å². The van der Waals surface area contributed by atoms with Gasteiger partial charge in [0.05, 0.1) is 13.2 Å². The van der Waals surface area contributed by atoms with Crippen LogP contribution in [0.1, 0.15) is 78.1 Å².